The molecule has 2 heterocycles. The number of carbonyl (C=O) groups excluding carboxylic acids is 2. The number of nitrogens with one attached hydrogen (secondary N) is 3. The fourth-order valence-electron chi connectivity index (χ4n) is 3.97. The van der Waals surface area contributed by atoms with Gasteiger partial charge in [-0.1, -0.05) is 48.5 Å². The monoisotopic (exact) mass is 489 g/mol. The number of rotatable bonds is 8. The second-order valence-electron chi connectivity index (χ2n) is 8.29. The summed E-state index contributed by atoms with van der Waals surface area (Å²) >= 11 is 0. The molecule has 10 heteroatoms. The van der Waals surface area contributed by atoms with Crippen molar-refractivity contribution in [3.63, 3.8) is 0 Å². The van der Waals surface area contributed by atoms with Crippen LogP contribution in [0.15, 0.2) is 54.6 Å². The second-order valence-corrected chi connectivity index (χ2v) is 8.29. The van der Waals surface area contributed by atoms with Gasteiger partial charge in [0.25, 0.3) is 12.9 Å². The maximum atomic E-state index is 13.0. The lowest BCUT2D eigenvalue weighted by atomic mass is 10.0. The van der Waals surface area contributed by atoms with E-state index >= 15 is 0 Å². The number of halogens is 4. The summed E-state index contributed by atoms with van der Waals surface area (Å²) in [6.45, 7) is 0.0636. The predicted octanol–water partition coefficient (Wildman–Crippen LogP) is 4.13. The molecule has 2 aromatic carbocycles. The second kappa shape index (κ2) is 10.3. The average molecular weight is 489 g/mol. The molecule has 0 radical (unpaired) electrons. The van der Waals surface area contributed by atoms with Gasteiger partial charge in [-0.3, -0.25) is 9.59 Å². The Kier molecular flexibility index (Phi) is 7.20. The van der Waals surface area contributed by atoms with Crippen LogP contribution < -0.4 is 10.6 Å². The van der Waals surface area contributed by atoms with Crippen LogP contribution in [0.5, 0.6) is 0 Å². The number of H-pyrrole nitrogens is 1. The van der Waals surface area contributed by atoms with Gasteiger partial charge in [-0.15, -0.1) is 0 Å². The molecule has 1 fully saturated rings. The Morgan fingerprint density at radius 3 is 2.06 bits per heavy atom. The SMILES string of the molecule is O=C(CCc1cc(-c2ccc(C(F)F)cc2)[nH]c1-c1ccc(C(F)F)cc1)N[C@@H]1C(=O)NC[C@H]1O. The number of hydrogen-bond acceptors (Lipinski definition) is 3. The predicted molar refractivity (Wildman–Crippen MR) is 121 cm³/mol. The van der Waals surface area contributed by atoms with Crippen molar-refractivity contribution >= 4 is 11.8 Å². The van der Waals surface area contributed by atoms with Crippen LogP contribution in [0.25, 0.3) is 22.5 Å². The minimum absolute atomic E-state index is 0.000229. The highest BCUT2D eigenvalue weighted by molar-refractivity contribution is 5.90. The maximum absolute atomic E-state index is 13.0. The molecule has 2 atom stereocenters. The van der Waals surface area contributed by atoms with Crippen LogP contribution >= 0.6 is 0 Å². The Labute approximate surface area is 198 Å². The van der Waals surface area contributed by atoms with Crippen LogP contribution in [0, 0.1) is 0 Å². The van der Waals surface area contributed by atoms with E-state index in [4.69, 9.17) is 0 Å². The quantitative estimate of drug-likeness (QED) is 0.359. The fraction of sp³-hybridized carbons (Fsp3) is 0.280. The van der Waals surface area contributed by atoms with Gasteiger partial charge in [0.05, 0.1) is 0 Å². The fourth-order valence-corrected chi connectivity index (χ4v) is 3.97. The number of amides is 2. The number of aryl methyl sites for hydroxylation is 1. The van der Waals surface area contributed by atoms with Gasteiger partial charge < -0.3 is 20.7 Å². The van der Waals surface area contributed by atoms with Crippen molar-refractivity contribution in [2.24, 2.45) is 0 Å². The van der Waals surface area contributed by atoms with E-state index in [1.807, 2.05) is 0 Å². The Bertz CT molecular complexity index is 1190. The molecule has 0 aliphatic carbocycles. The lowest BCUT2D eigenvalue weighted by Crippen LogP contribution is -2.45. The number of carbonyl (C=O) groups is 2. The van der Waals surface area contributed by atoms with Gasteiger partial charge in [-0.2, -0.15) is 0 Å². The Morgan fingerprint density at radius 1 is 0.971 bits per heavy atom. The summed E-state index contributed by atoms with van der Waals surface area (Å²) in [6.07, 6.45) is -5.96. The van der Waals surface area contributed by atoms with Crippen LogP contribution in [0.1, 0.15) is 36.0 Å². The molecule has 1 aliphatic heterocycles. The third-order valence-corrected chi connectivity index (χ3v) is 5.91. The van der Waals surface area contributed by atoms with Crippen LogP contribution in [-0.4, -0.2) is 40.6 Å². The van der Waals surface area contributed by atoms with E-state index in [1.165, 1.54) is 24.3 Å². The highest BCUT2D eigenvalue weighted by Crippen LogP contribution is 2.32. The van der Waals surface area contributed by atoms with E-state index in [0.717, 1.165) is 0 Å². The molecule has 4 N–H and O–H groups in total. The highest BCUT2D eigenvalue weighted by atomic mass is 19.3. The third kappa shape index (κ3) is 5.54. The third-order valence-electron chi connectivity index (χ3n) is 5.91. The van der Waals surface area contributed by atoms with Crippen LogP contribution in [0.3, 0.4) is 0 Å². The Balaban J connectivity index is 1.58. The summed E-state index contributed by atoms with van der Waals surface area (Å²) in [5, 5.41) is 14.8. The highest BCUT2D eigenvalue weighted by Gasteiger charge is 2.34. The summed E-state index contributed by atoms with van der Waals surface area (Å²) in [7, 11) is 0. The van der Waals surface area contributed by atoms with Crippen molar-refractivity contribution < 1.29 is 32.3 Å². The molecule has 6 nitrogen and oxygen atoms in total. The molecule has 3 aromatic rings. The van der Waals surface area contributed by atoms with Crippen molar-refractivity contribution in [2.75, 3.05) is 6.54 Å². The first-order valence-electron chi connectivity index (χ1n) is 11.0. The number of aliphatic hydroxyl groups is 1. The number of β-amino-alcohol motifs (C(OH)–C–C–N with tert-alkyl or cyclic N) is 1. The van der Waals surface area contributed by atoms with E-state index in [1.54, 1.807) is 30.3 Å². The van der Waals surface area contributed by atoms with Gasteiger partial charge in [0, 0.05) is 35.5 Å². The first-order chi connectivity index (χ1) is 16.7. The van der Waals surface area contributed by atoms with Gasteiger partial charge in [0.1, 0.15) is 12.1 Å². The van der Waals surface area contributed by atoms with Crippen molar-refractivity contribution in [3.8, 4) is 22.5 Å². The Morgan fingerprint density at radius 2 is 1.54 bits per heavy atom. The minimum Gasteiger partial charge on any atom is -0.389 e. The zero-order valence-corrected chi connectivity index (χ0v) is 18.4. The van der Waals surface area contributed by atoms with Gasteiger partial charge >= 0.3 is 0 Å². The topological polar surface area (TPSA) is 94.2 Å². The number of aromatic nitrogens is 1. The van der Waals surface area contributed by atoms with Crippen LogP contribution in [-0.2, 0) is 16.0 Å². The van der Waals surface area contributed by atoms with Crippen LogP contribution in [0.2, 0.25) is 0 Å². The first kappa shape index (κ1) is 24.5. The molecule has 0 saturated carbocycles. The van der Waals surface area contributed by atoms with Gasteiger partial charge in [-0.25, -0.2) is 17.6 Å². The largest absolute Gasteiger partial charge is 0.389 e. The van der Waals surface area contributed by atoms with Crippen molar-refractivity contribution in [1.29, 1.82) is 0 Å². The molecular weight excluding hydrogens is 466 g/mol. The van der Waals surface area contributed by atoms with Crippen molar-refractivity contribution in [3.05, 3.63) is 71.3 Å². The minimum atomic E-state index is -2.61. The molecule has 0 unspecified atom stereocenters. The number of aromatic amines is 1. The van der Waals surface area contributed by atoms with Crippen molar-refractivity contribution in [1.82, 2.24) is 15.6 Å². The molecule has 35 heavy (non-hydrogen) atoms. The normalized spacial score (nSPS) is 17.7. The Hall–Kier alpha value is -3.66. The summed E-state index contributed by atoms with van der Waals surface area (Å²) in [4.78, 5) is 27.4. The number of hydrogen-bond donors (Lipinski definition) is 4. The summed E-state index contributed by atoms with van der Waals surface area (Å²) in [5.41, 5.74) is 2.93. The first-order valence-corrected chi connectivity index (χ1v) is 11.0. The zero-order valence-electron chi connectivity index (χ0n) is 18.4. The van der Waals surface area contributed by atoms with E-state index < -0.39 is 36.8 Å². The number of alkyl halides is 4. The molecule has 0 bridgehead atoms. The van der Waals surface area contributed by atoms with E-state index in [2.05, 4.69) is 15.6 Å². The zero-order chi connectivity index (χ0) is 25.1. The molecular formula is C25H23F4N3O3. The number of aliphatic hydroxyl groups excluding tert-OH is 1. The standard InChI is InChI=1S/C25H23F4N3O3/c26-23(27)15-5-1-13(2-6-15)18-11-17(9-10-20(34)32-22-19(33)12-30-25(22)35)21(31-18)14-3-7-16(8-4-14)24(28)29/h1-8,11,19,22-24,31,33H,9-10,12H2,(H,30,35)(H,32,34)/t19-,22+/m1/s1. The van der Waals surface area contributed by atoms with Gasteiger partial charge in [-0.05, 0) is 29.2 Å². The van der Waals surface area contributed by atoms with Gasteiger partial charge in [0.2, 0.25) is 11.8 Å². The van der Waals surface area contributed by atoms with Gasteiger partial charge in [0.15, 0.2) is 0 Å². The van der Waals surface area contributed by atoms with Crippen molar-refractivity contribution in [2.45, 2.75) is 37.8 Å². The van der Waals surface area contributed by atoms with E-state index in [9.17, 15) is 32.3 Å². The molecule has 2 amide bonds. The summed E-state index contributed by atoms with van der Waals surface area (Å²) in [5.74, 6) is -0.893. The number of benzene rings is 2. The molecule has 184 valence electrons. The van der Waals surface area contributed by atoms with E-state index in [-0.39, 0.29) is 30.5 Å². The summed E-state index contributed by atoms with van der Waals surface area (Å²) in [6, 6.07) is 12.2. The van der Waals surface area contributed by atoms with Crippen LogP contribution in [0.4, 0.5) is 17.6 Å². The molecule has 0 spiro atoms. The lowest BCUT2D eigenvalue weighted by molar-refractivity contribution is -0.128. The molecule has 1 aliphatic rings. The van der Waals surface area contributed by atoms with E-state index in [0.29, 0.717) is 28.1 Å². The smallest absolute Gasteiger partial charge is 0.263 e. The lowest BCUT2D eigenvalue weighted by Gasteiger charge is -2.13. The average Bonchev–Trinajstić information content (AvgIpc) is 3.41. The summed E-state index contributed by atoms with van der Waals surface area (Å²) < 4.78 is 51.8. The molecule has 1 aromatic heterocycles. The maximum Gasteiger partial charge on any atom is 0.263 e. The molecule has 4 rings (SSSR count). The molecule has 1 saturated heterocycles.